The fourth-order valence-electron chi connectivity index (χ4n) is 5.70. The molecule has 2 saturated heterocycles. The fraction of sp³-hybridized carbons (Fsp3) is 0.531. The van der Waals surface area contributed by atoms with E-state index in [0.717, 1.165) is 5.56 Å². The van der Waals surface area contributed by atoms with Crippen molar-refractivity contribution in [2.24, 2.45) is 0 Å². The lowest BCUT2D eigenvalue weighted by atomic mass is 10.1. The second kappa shape index (κ2) is 16.1. The summed E-state index contributed by atoms with van der Waals surface area (Å²) in [6, 6.07) is 4.99. The first kappa shape index (κ1) is 34.9. The van der Waals surface area contributed by atoms with Crippen molar-refractivity contribution in [2.75, 3.05) is 52.5 Å². The highest BCUT2D eigenvalue weighted by Crippen LogP contribution is 2.27. The number of aromatic nitrogens is 1. The van der Waals surface area contributed by atoms with E-state index in [1.165, 1.54) is 20.8 Å². The van der Waals surface area contributed by atoms with Gasteiger partial charge in [-0.15, -0.1) is 0 Å². The molecule has 0 bridgehead atoms. The van der Waals surface area contributed by atoms with Crippen LogP contribution in [0.5, 0.6) is 5.75 Å². The number of nitrogens with zero attached hydrogens (tertiary/aromatic N) is 4. The molecule has 0 radical (unpaired) electrons. The summed E-state index contributed by atoms with van der Waals surface area (Å²) in [5.74, 6) is -2.70. The maximum Gasteiger partial charge on any atom is 0.409 e. The summed E-state index contributed by atoms with van der Waals surface area (Å²) in [5, 5.41) is 15.3. The van der Waals surface area contributed by atoms with Gasteiger partial charge in [0.25, 0.3) is 11.8 Å². The normalized spacial score (nSPS) is 16.8. The predicted octanol–water partition coefficient (Wildman–Crippen LogP) is 1.31. The van der Waals surface area contributed by atoms with Gasteiger partial charge in [-0.1, -0.05) is 6.07 Å². The molecule has 3 heterocycles. The average molecular weight is 655 g/mol. The van der Waals surface area contributed by atoms with E-state index in [0.29, 0.717) is 36.8 Å². The van der Waals surface area contributed by atoms with Crippen molar-refractivity contribution in [2.45, 2.75) is 58.5 Å². The quantitative estimate of drug-likeness (QED) is 0.301. The van der Waals surface area contributed by atoms with Crippen LogP contribution in [0.3, 0.4) is 0 Å². The fourth-order valence-corrected chi connectivity index (χ4v) is 5.70. The lowest BCUT2D eigenvalue weighted by Gasteiger charge is -2.35. The first-order valence-electron chi connectivity index (χ1n) is 15.9. The maximum atomic E-state index is 13.6. The standard InChI is InChI=1S/C32H42N6O9/c1-4-33-30(43)25-7-6-12-38(25)27(39)19-47-26-18-24(34-23-17-20(3)8-9-21(23)26)29(42)35-22(10-11-28(40)41)31(44)36-13-15-37(16-14-36)32(45)46-5-2/h8-9,17-18,22,25H,4-7,10-16,19H2,1-3H3,(H,33,43)(H,35,42)(H,40,41). The number of aryl methyl sites for hydroxylation is 1. The van der Waals surface area contributed by atoms with E-state index >= 15 is 0 Å². The summed E-state index contributed by atoms with van der Waals surface area (Å²) in [6.45, 7) is 6.95. The molecule has 4 rings (SSSR count). The summed E-state index contributed by atoms with van der Waals surface area (Å²) in [7, 11) is 0. The van der Waals surface area contributed by atoms with Crippen LogP contribution in [0.4, 0.5) is 4.79 Å². The van der Waals surface area contributed by atoms with Crippen molar-refractivity contribution in [3.8, 4) is 5.75 Å². The highest BCUT2D eigenvalue weighted by molar-refractivity contribution is 5.99. The minimum atomic E-state index is -1.17. The number of carboxylic acids is 1. The van der Waals surface area contributed by atoms with E-state index in [9.17, 15) is 33.9 Å². The molecular weight excluding hydrogens is 612 g/mol. The van der Waals surface area contributed by atoms with Gasteiger partial charge < -0.3 is 39.9 Å². The Morgan fingerprint density at radius 2 is 1.74 bits per heavy atom. The van der Waals surface area contributed by atoms with Crippen molar-refractivity contribution in [3.63, 3.8) is 0 Å². The SMILES string of the molecule is CCNC(=O)C1CCCN1C(=O)COc1cc(C(=O)NC(CCC(=O)O)C(=O)N2CCN(C(=O)OCC)CC2)nc2cc(C)ccc12. The van der Waals surface area contributed by atoms with Gasteiger partial charge in [0.15, 0.2) is 6.61 Å². The van der Waals surface area contributed by atoms with Gasteiger partial charge in [0, 0.05) is 57.1 Å². The van der Waals surface area contributed by atoms with Crippen LogP contribution in [0.2, 0.25) is 0 Å². The molecule has 2 atom stereocenters. The molecule has 2 aromatic rings. The Hall–Kier alpha value is -4.95. The molecule has 2 aliphatic rings. The number of amides is 5. The van der Waals surface area contributed by atoms with Crippen LogP contribution < -0.4 is 15.4 Å². The van der Waals surface area contributed by atoms with E-state index in [1.807, 2.05) is 19.9 Å². The second-order valence-corrected chi connectivity index (χ2v) is 11.4. The number of benzene rings is 1. The molecule has 2 aliphatic heterocycles. The summed E-state index contributed by atoms with van der Waals surface area (Å²) in [6.07, 6.45) is 0.245. The van der Waals surface area contributed by atoms with Crippen molar-refractivity contribution < 1.29 is 43.3 Å². The number of fused-ring (bicyclic) bond motifs is 1. The van der Waals surface area contributed by atoms with E-state index in [4.69, 9.17) is 9.47 Å². The molecule has 254 valence electrons. The van der Waals surface area contributed by atoms with Gasteiger partial charge in [-0.05, 0) is 57.7 Å². The van der Waals surface area contributed by atoms with Gasteiger partial charge in [0.2, 0.25) is 11.8 Å². The van der Waals surface area contributed by atoms with Crippen LogP contribution in [0.25, 0.3) is 10.9 Å². The number of carboxylic acid groups (broad SMARTS) is 1. The van der Waals surface area contributed by atoms with Crippen LogP contribution in [-0.2, 0) is 23.9 Å². The second-order valence-electron chi connectivity index (χ2n) is 11.4. The Balaban J connectivity index is 1.51. The number of likely N-dealkylation sites (tertiary alicyclic amines) is 1. The minimum absolute atomic E-state index is 0.0906. The van der Waals surface area contributed by atoms with E-state index in [-0.39, 0.29) is 75.5 Å². The number of carbonyl (C=O) groups excluding carboxylic acids is 5. The molecule has 0 saturated carbocycles. The molecule has 2 fully saturated rings. The molecule has 15 heteroatoms. The molecule has 47 heavy (non-hydrogen) atoms. The number of nitrogens with one attached hydrogen (secondary N) is 2. The predicted molar refractivity (Wildman–Crippen MR) is 169 cm³/mol. The summed E-state index contributed by atoms with van der Waals surface area (Å²) >= 11 is 0. The molecular formula is C32H42N6O9. The Morgan fingerprint density at radius 1 is 1.02 bits per heavy atom. The van der Waals surface area contributed by atoms with Gasteiger partial charge >= 0.3 is 12.1 Å². The molecule has 3 N–H and O–H groups in total. The highest BCUT2D eigenvalue weighted by Gasteiger charge is 2.34. The van der Waals surface area contributed by atoms with Crippen molar-refractivity contribution >= 4 is 46.6 Å². The molecule has 15 nitrogen and oxygen atoms in total. The molecule has 5 amide bonds. The van der Waals surface area contributed by atoms with Crippen molar-refractivity contribution in [1.29, 1.82) is 0 Å². The molecule has 0 spiro atoms. The third-order valence-corrected chi connectivity index (χ3v) is 8.11. The zero-order chi connectivity index (χ0) is 34.1. The van der Waals surface area contributed by atoms with E-state index < -0.39 is 36.0 Å². The third-order valence-electron chi connectivity index (χ3n) is 8.11. The number of piperazine rings is 1. The number of pyridine rings is 1. The number of rotatable bonds is 12. The zero-order valence-corrected chi connectivity index (χ0v) is 27.0. The van der Waals surface area contributed by atoms with Gasteiger partial charge in [0.1, 0.15) is 23.5 Å². The van der Waals surface area contributed by atoms with E-state index in [1.54, 1.807) is 19.1 Å². The summed E-state index contributed by atoms with van der Waals surface area (Å²) < 4.78 is 11.0. The molecule has 1 aromatic heterocycles. The Morgan fingerprint density at radius 3 is 2.43 bits per heavy atom. The topological polar surface area (TPSA) is 188 Å². The van der Waals surface area contributed by atoms with Crippen molar-refractivity contribution in [3.05, 3.63) is 35.5 Å². The van der Waals surface area contributed by atoms with Crippen LogP contribution in [0.15, 0.2) is 24.3 Å². The van der Waals surface area contributed by atoms with Gasteiger partial charge in [-0.2, -0.15) is 0 Å². The Kier molecular flexibility index (Phi) is 11.9. The van der Waals surface area contributed by atoms with Crippen LogP contribution in [0, 0.1) is 6.92 Å². The largest absolute Gasteiger partial charge is 0.483 e. The van der Waals surface area contributed by atoms with Crippen LogP contribution in [-0.4, -0.2) is 125 Å². The number of hydrogen-bond acceptors (Lipinski definition) is 9. The van der Waals surface area contributed by atoms with Gasteiger partial charge in [-0.25, -0.2) is 9.78 Å². The van der Waals surface area contributed by atoms with Gasteiger partial charge in [0.05, 0.1) is 12.1 Å². The molecule has 2 unspecified atom stereocenters. The number of hydrogen-bond donors (Lipinski definition) is 3. The average Bonchev–Trinajstić information content (AvgIpc) is 3.55. The number of likely N-dealkylation sites (N-methyl/N-ethyl adjacent to an activating group) is 1. The maximum absolute atomic E-state index is 13.6. The Labute approximate surface area is 272 Å². The number of ether oxygens (including phenoxy) is 2. The summed E-state index contributed by atoms with van der Waals surface area (Å²) in [4.78, 5) is 85.1. The zero-order valence-electron chi connectivity index (χ0n) is 27.0. The van der Waals surface area contributed by atoms with Crippen LogP contribution >= 0.6 is 0 Å². The lowest BCUT2D eigenvalue weighted by Crippen LogP contribution is -2.56. The lowest BCUT2D eigenvalue weighted by molar-refractivity contribution is -0.139. The molecule has 1 aromatic carbocycles. The Bertz CT molecular complexity index is 1510. The summed E-state index contributed by atoms with van der Waals surface area (Å²) in [5.41, 5.74) is 1.19. The highest BCUT2D eigenvalue weighted by atomic mass is 16.6. The smallest absolute Gasteiger partial charge is 0.409 e. The first-order chi connectivity index (χ1) is 22.5. The number of aliphatic carboxylic acids is 1. The number of carbonyl (C=O) groups is 6. The van der Waals surface area contributed by atoms with Crippen molar-refractivity contribution in [1.82, 2.24) is 30.3 Å². The van der Waals surface area contributed by atoms with Crippen LogP contribution in [0.1, 0.15) is 55.6 Å². The minimum Gasteiger partial charge on any atom is -0.483 e. The first-order valence-corrected chi connectivity index (χ1v) is 15.9. The molecule has 0 aliphatic carbocycles. The van der Waals surface area contributed by atoms with E-state index in [2.05, 4.69) is 15.6 Å². The third kappa shape index (κ3) is 8.86. The van der Waals surface area contributed by atoms with Gasteiger partial charge in [-0.3, -0.25) is 24.0 Å². The monoisotopic (exact) mass is 654 g/mol.